The molecule has 1 aromatic rings. The quantitative estimate of drug-likeness (QED) is 0.714. The molecule has 1 heterocycles. The van der Waals surface area contributed by atoms with E-state index >= 15 is 0 Å². The molecule has 0 aliphatic rings. The Balaban J connectivity index is 2.78. The lowest BCUT2D eigenvalue weighted by Gasteiger charge is -2.04. The predicted molar refractivity (Wildman–Crippen MR) is 58.5 cm³/mol. The highest BCUT2D eigenvalue weighted by molar-refractivity contribution is 7.90. The molecule has 0 saturated carbocycles. The van der Waals surface area contributed by atoms with Crippen LogP contribution in [0.3, 0.4) is 0 Å². The van der Waals surface area contributed by atoms with E-state index in [-0.39, 0.29) is 18.2 Å². The zero-order valence-corrected chi connectivity index (χ0v) is 9.82. The Labute approximate surface area is 88.8 Å². The normalized spacial score (nSPS) is 11.7. The second-order valence-electron chi connectivity index (χ2n) is 3.52. The van der Waals surface area contributed by atoms with Crippen molar-refractivity contribution in [2.24, 2.45) is 0 Å². The summed E-state index contributed by atoms with van der Waals surface area (Å²) in [5.41, 5.74) is 5.58. The maximum atomic E-state index is 10.9. The third-order valence-corrected chi connectivity index (χ3v) is 2.69. The lowest BCUT2D eigenvalue weighted by atomic mass is 10.7. The van der Waals surface area contributed by atoms with E-state index in [9.17, 15) is 8.42 Å². The number of hydrogen-bond acceptors (Lipinski definition) is 6. The van der Waals surface area contributed by atoms with Crippen LogP contribution < -0.4 is 10.6 Å². The van der Waals surface area contributed by atoms with Gasteiger partial charge in [0.15, 0.2) is 0 Å². The molecule has 8 heteroatoms. The van der Waals surface area contributed by atoms with Gasteiger partial charge in [-0.05, 0) is 0 Å². The van der Waals surface area contributed by atoms with Crippen LogP contribution in [0.25, 0.3) is 0 Å². The van der Waals surface area contributed by atoms with Crippen LogP contribution in [0.4, 0.5) is 11.9 Å². The van der Waals surface area contributed by atoms with Crippen molar-refractivity contribution in [1.82, 2.24) is 14.8 Å². The van der Waals surface area contributed by atoms with Crippen molar-refractivity contribution in [1.29, 1.82) is 0 Å². The van der Waals surface area contributed by atoms with Crippen LogP contribution in [0.2, 0.25) is 0 Å². The van der Waals surface area contributed by atoms with Gasteiger partial charge < -0.3 is 10.6 Å². The van der Waals surface area contributed by atoms with Gasteiger partial charge in [0.25, 0.3) is 0 Å². The number of nitrogens with two attached hydrogens (primary N) is 1. The fourth-order valence-electron chi connectivity index (χ4n) is 0.948. The fourth-order valence-corrected chi connectivity index (χ4v) is 1.45. The second-order valence-corrected chi connectivity index (χ2v) is 5.78. The van der Waals surface area contributed by atoms with E-state index in [1.807, 2.05) is 0 Å². The molecule has 0 unspecified atom stereocenters. The maximum Gasteiger partial charge on any atom is 0.246 e. The lowest BCUT2D eigenvalue weighted by molar-refractivity contribution is 0.587. The molecule has 0 fully saturated rings. The summed E-state index contributed by atoms with van der Waals surface area (Å²) in [4.78, 5) is 5.67. The van der Waals surface area contributed by atoms with Crippen LogP contribution in [0.15, 0.2) is 0 Å². The van der Waals surface area contributed by atoms with Crippen LogP contribution in [0.5, 0.6) is 0 Å². The minimum absolute atomic E-state index is 0.00737. The van der Waals surface area contributed by atoms with Crippen LogP contribution in [-0.4, -0.2) is 49.3 Å². The van der Waals surface area contributed by atoms with Crippen molar-refractivity contribution >= 4 is 21.7 Å². The van der Waals surface area contributed by atoms with E-state index in [4.69, 9.17) is 5.73 Å². The van der Waals surface area contributed by atoms with Crippen molar-refractivity contribution < 1.29 is 8.42 Å². The summed E-state index contributed by atoms with van der Waals surface area (Å²) < 4.78 is 23.3. The SMILES string of the molecule is CN(C)c1nc(N)n(CCS(C)(=O)=O)n1. The number of rotatable bonds is 4. The van der Waals surface area contributed by atoms with E-state index in [0.717, 1.165) is 0 Å². The van der Waals surface area contributed by atoms with Gasteiger partial charge in [-0.25, -0.2) is 13.1 Å². The minimum atomic E-state index is -3.01. The molecule has 0 amide bonds. The summed E-state index contributed by atoms with van der Waals surface area (Å²) in [6, 6.07) is 0. The first-order valence-corrected chi connectivity index (χ1v) is 6.41. The van der Waals surface area contributed by atoms with E-state index in [0.29, 0.717) is 5.95 Å². The van der Waals surface area contributed by atoms with E-state index < -0.39 is 9.84 Å². The third-order valence-electron chi connectivity index (χ3n) is 1.76. The second kappa shape index (κ2) is 4.05. The Bertz CT molecular complexity index is 436. The molecular formula is C7H15N5O2S. The lowest BCUT2D eigenvalue weighted by Crippen LogP contribution is -2.15. The van der Waals surface area contributed by atoms with Crippen molar-refractivity contribution in [2.75, 3.05) is 36.7 Å². The first-order chi connectivity index (χ1) is 6.79. The summed E-state index contributed by atoms with van der Waals surface area (Å²) in [6.45, 7) is 0.228. The first kappa shape index (κ1) is 11.8. The molecule has 1 rings (SSSR count). The fraction of sp³-hybridized carbons (Fsp3) is 0.714. The number of aryl methyl sites for hydroxylation is 1. The Morgan fingerprint density at radius 1 is 1.47 bits per heavy atom. The van der Waals surface area contributed by atoms with Crippen molar-refractivity contribution in [3.05, 3.63) is 0 Å². The highest BCUT2D eigenvalue weighted by Gasteiger charge is 2.10. The molecule has 0 aliphatic carbocycles. The minimum Gasteiger partial charge on any atom is -0.368 e. The van der Waals surface area contributed by atoms with Gasteiger partial charge in [-0.2, -0.15) is 4.98 Å². The summed E-state index contributed by atoms with van der Waals surface area (Å²) in [6.07, 6.45) is 1.17. The zero-order chi connectivity index (χ0) is 11.6. The number of aromatic nitrogens is 3. The molecule has 0 spiro atoms. The molecule has 0 radical (unpaired) electrons. The molecule has 86 valence electrons. The Hall–Kier alpha value is -1.31. The Morgan fingerprint density at radius 2 is 2.07 bits per heavy atom. The molecule has 2 N–H and O–H groups in total. The summed E-state index contributed by atoms with van der Waals surface area (Å²) in [5.74, 6) is 0.705. The predicted octanol–water partition coefficient (Wildman–Crippen LogP) is -1.03. The summed E-state index contributed by atoms with van der Waals surface area (Å²) in [5, 5.41) is 4.05. The van der Waals surface area contributed by atoms with Gasteiger partial charge in [0, 0.05) is 20.4 Å². The largest absolute Gasteiger partial charge is 0.368 e. The smallest absolute Gasteiger partial charge is 0.246 e. The topological polar surface area (TPSA) is 94.1 Å². The van der Waals surface area contributed by atoms with Crippen molar-refractivity contribution in [3.8, 4) is 0 Å². The van der Waals surface area contributed by atoms with E-state index in [1.165, 1.54) is 10.9 Å². The number of hydrogen-bond donors (Lipinski definition) is 1. The maximum absolute atomic E-state index is 10.9. The van der Waals surface area contributed by atoms with E-state index in [1.54, 1.807) is 19.0 Å². The van der Waals surface area contributed by atoms with Gasteiger partial charge in [-0.3, -0.25) is 0 Å². The van der Waals surface area contributed by atoms with Crippen LogP contribution in [-0.2, 0) is 16.4 Å². The number of nitrogen functional groups attached to an aromatic ring is 1. The third kappa shape index (κ3) is 3.39. The molecule has 0 atom stereocenters. The molecule has 7 nitrogen and oxygen atoms in total. The summed E-state index contributed by atoms with van der Waals surface area (Å²) in [7, 11) is 0.567. The van der Waals surface area contributed by atoms with Gasteiger partial charge in [-0.1, -0.05) is 0 Å². The van der Waals surface area contributed by atoms with Gasteiger partial charge in [0.05, 0.1) is 12.3 Å². The number of nitrogens with zero attached hydrogens (tertiary/aromatic N) is 4. The van der Waals surface area contributed by atoms with Gasteiger partial charge in [-0.15, -0.1) is 5.10 Å². The number of anilines is 2. The zero-order valence-electron chi connectivity index (χ0n) is 9.01. The first-order valence-electron chi connectivity index (χ1n) is 4.35. The van der Waals surface area contributed by atoms with E-state index in [2.05, 4.69) is 10.1 Å². The molecule has 15 heavy (non-hydrogen) atoms. The molecule has 0 bridgehead atoms. The highest BCUT2D eigenvalue weighted by Crippen LogP contribution is 2.07. The summed E-state index contributed by atoms with van der Waals surface area (Å²) >= 11 is 0. The molecule has 0 aromatic carbocycles. The monoisotopic (exact) mass is 233 g/mol. The average molecular weight is 233 g/mol. The molecule has 0 saturated heterocycles. The van der Waals surface area contributed by atoms with Crippen molar-refractivity contribution in [2.45, 2.75) is 6.54 Å². The highest BCUT2D eigenvalue weighted by atomic mass is 32.2. The van der Waals surface area contributed by atoms with Gasteiger partial charge >= 0.3 is 0 Å². The number of sulfone groups is 1. The van der Waals surface area contributed by atoms with Crippen LogP contribution >= 0.6 is 0 Å². The van der Waals surface area contributed by atoms with Crippen molar-refractivity contribution in [3.63, 3.8) is 0 Å². The Morgan fingerprint density at radius 3 is 2.47 bits per heavy atom. The van der Waals surface area contributed by atoms with Crippen LogP contribution in [0.1, 0.15) is 0 Å². The van der Waals surface area contributed by atoms with Crippen LogP contribution in [0, 0.1) is 0 Å². The average Bonchev–Trinajstić information content (AvgIpc) is 2.42. The Kier molecular flexibility index (Phi) is 3.18. The van der Waals surface area contributed by atoms with Gasteiger partial charge in [0.1, 0.15) is 9.84 Å². The van der Waals surface area contributed by atoms with Gasteiger partial charge in [0.2, 0.25) is 11.9 Å². The standard InChI is InChI=1S/C7H15N5O2S/c1-11(2)7-9-6(8)12(10-7)4-5-15(3,13)14/h4-5H2,1-3H3,(H2,8,9,10). The molecule has 1 aromatic heterocycles. The molecule has 0 aliphatic heterocycles. The molecular weight excluding hydrogens is 218 g/mol.